The maximum Gasteiger partial charge on any atom is 0.269 e. The Kier molecular flexibility index (Phi) is 6.93. The van der Waals surface area contributed by atoms with Crippen LogP contribution in [0, 0.1) is 10.1 Å². The van der Waals surface area contributed by atoms with Gasteiger partial charge >= 0.3 is 0 Å². The Morgan fingerprint density at radius 3 is 2.65 bits per heavy atom. The third-order valence-corrected chi connectivity index (χ3v) is 7.08. The molecule has 4 aromatic rings. The summed E-state index contributed by atoms with van der Waals surface area (Å²) in [6, 6.07) is 22.1. The summed E-state index contributed by atoms with van der Waals surface area (Å²) in [4.78, 5) is 29.2. The molecule has 11 heteroatoms. The number of halogens is 1. The number of non-ortho nitro benzene ring substituents is 1. The summed E-state index contributed by atoms with van der Waals surface area (Å²) in [6.45, 7) is 1.78. The fourth-order valence-electron chi connectivity index (χ4n) is 4.08. The second-order valence-electron chi connectivity index (χ2n) is 8.28. The van der Waals surface area contributed by atoms with E-state index in [2.05, 4.69) is 20.7 Å². The first-order valence-corrected chi connectivity index (χ1v) is 12.7. The number of carbonyl (C=O) groups excluding carboxylic acids is 1. The van der Waals surface area contributed by atoms with Crippen LogP contribution in [-0.4, -0.2) is 25.6 Å². The van der Waals surface area contributed by atoms with Crippen LogP contribution in [0.15, 0.2) is 95.3 Å². The zero-order valence-electron chi connectivity index (χ0n) is 19.6. The molecule has 3 aromatic carbocycles. The predicted octanol–water partition coefficient (Wildman–Crippen LogP) is 6.06. The highest BCUT2D eigenvalue weighted by molar-refractivity contribution is 7.98. The van der Waals surface area contributed by atoms with Crippen molar-refractivity contribution in [2.45, 2.75) is 23.9 Å². The molecule has 1 unspecified atom stereocenters. The third-order valence-electron chi connectivity index (χ3n) is 5.82. The van der Waals surface area contributed by atoms with Crippen LogP contribution in [0.3, 0.4) is 0 Å². The standard InChI is InChI=1S/C26H21ClN6O3S/c1-16-22(24(34)29-19-10-3-2-4-11-19)23(17-9-7-12-20(14-17)33(35)36)32-25(28-16)30-26(31-32)37-15-18-8-5-6-13-21(18)27/h2-14,23H,15H2,1H3,(H,29,34)(H,28,30,31). The van der Waals surface area contributed by atoms with Gasteiger partial charge in [0.2, 0.25) is 11.1 Å². The maximum atomic E-state index is 13.5. The van der Waals surface area contributed by atoms with Crippen molar-refractivity contribution in [3.8, 4) is 0 Å². The molecule has 2 N–H and O–H groups in total. The number of anilines is 2. The second-order valence-corrected chi connectivity index (χ2v) is 9.63. The molecule has 1 aromatic heterocycles. The predicted molar refractivity (Wildman–Crippen MR) is 144 cm³/mol. The van der Waals surface area contributed by atoms with Gasteiger partial charge < -0.3 is 10.6 Å². The lowest BCUT2D eigenvalue weighted by Gasteiger charge is -2.28. The number of amides is 1. The highest BCUT2D eigenvalue weighted by Crippen LogP contribution is 2.38. The van der Waals surface area contributed by atoms with E-state index in [9.17, 15) is 14.9 Å². The number of nitrogens with one attached hydrogen (secondary N) is 2. The highest BCUT2D eigenvalue weighted by Gasteiger charge is 2.35. The first kappa shape index (κ1) is 24.5. The molecule has 9 nitrogen and oxygen atoms in total. The molecule has 0 spiro atoms. The van der Waals surface area contributed by atoms with E-state index >= 15 is 0 Å². The zero-order chi connectivity index (χ0) is 25.9. The molecule has 0 saturated heterocycles. The first-order chi connectivity index (χ1) is 17.9. The van der Waals surface area contributed by atoms with Crippen LogP contribution < -0.4 is 10.6 Å². The summed E-state index contributed by atoms with van der Waals surface area (Å²) in [7, 11) is 0. The average Bonchev–Trinajstić information content (AvgIpc) is 3.30. The van der Waals surface area contributed by atoms with E-state index in [0.29, 0.717) is 44.4 Å². The second kappa shape index (κ2) is 10.5. The molecule has 1 aliphatic heterocycles. The molecule has 186 valence electrons. The number of rotatable bonds is 7. The van der Waals surface area contributed by atoms with E-state index in [0.717, 1.165) is 5.56 Å². The largest absolute Gasteiger partial charge is 0.328 e. The summed E-state index contributed by atoms with van der Waals surface area (Å²) in [5.74, 6) is 0.643. The van der Waals surface area contributed by atoms with Gasteiger partial charge in [-0.2, -0.15) is 4.98 Å². The Labute approximate surface area is 221 Å². The van der Waals surface area contributed by atoms with E-state index in [-0.39, 0.29) is 11.6 Å². The van der Waals surface area contributed by atoms with Crippen molar-refractivity contribution in [2.24, 2.45) is 0 Å². The molecule has 0 saturated carbocycles. The molecular weight excluding hydrogens is 512 g/mol. The fraction of sp³-hybridized carbons (Fsp3) is 0.115. The van der Waals surface area contributed by atoms with Crippen molar-refractivity contribution >= 4 is 46.6 Å². The van der Waals surface area contributed by atoms with Crippen molar-refractivity contribution in [3.63, 3.8) is 0 Å². The van der Waals surface area contributed by atoms with Crippen molar-refractivity contribution in [3.05, 3.63) is 116 Å². The van der Waals surface area contributed by atoms with Crippen LogP contribution in [0.5, 0.6) is 0 Å². The molecular formula is C26H21ClN6O3S. The number of thioether (sulfide) groups is 1. The van der Waals surface area contributed by atoms with Gasteiger partial charge in [0.25, 0.3) is 11.6 Å². The minimum absolute atomic E-state index is 0.0773. The van der Waals surface area contributed by atoms with E-state index in [1.807, 2.05) is 42.5 Å². The monoisotopic (exact) mass is 532 g/mol. The number of hydrogen-bond donors (Lipinski definition) is 2. The third kappa shape index (κ3) is 5.20. The number of nitro groups is 1. The lowest BCUT2D eigenvalue weighted by atomic mass is 9.94. The molecule has 5 rings (SSSR count). The molecule has 0 aliphatic carbocycles. The summed E-state index contributed by atoms with van der Waals surface area (Å²) in [5, 5.41) is 23.4. The Morgan fingerprint density at radius 1 is 1.14 bits per heavy atom. The molecule has 1 atom stereocenters. The topological polar surface area (TPSA) is 115 Å². The van der Waals surface area contributed by atoms with Gasteiger partial charge in [0.15, 0.2) is 0 Å². The van der Waals surface area contributed by atoms with Gasteiger partial charge in [0, 0.05) is 34.3 Å². The molecule has 1 amide bonds. The number of hydrogen-bond acceptors (Lipinski definition) is 7. The van der Waals surface area contributed by atoms with Gasteiger partial charge in [-0.25, -0.2) is 4.68 Å². The van der Waals surface area contributed by atoms with Crippen LogP contribution in [0.4, 0.5) is 17.3 Å². The van der Waals surface area contributed by atoms with Crippen LogP contribution in [0.2, 0.25) is 5.02 Å². The van der Waals surface area contributed by atoms with E-state index in [1.54, 1.807) is 35.9 Å². The SMILES string of the molecule is CC1=C(C(=O)Nc2ccccc2)C(c2cccc([N+](=O)[O-])c2)n2nc(SCc3ccccc3Cl)nc2N1. The lowest BCUT2D eigenvalue weighted by Crippen LogP contribution is -2.31. The minimum atomic E-state index is -0.734. The van der Waals surface area contributed by atoms with Gasteiger partial charge in [0.05, 0.1) is 10.5 Å². The molecule has 2 heterocycles. The molecule has 37 heavy (non-hydrogen) atoms. The van der Waals surface area contributed by atoms with Crippen LogP contribution in [0.25, 0.3) is 0 Å². The van der Waals surface area contributed by atoms with Crippen molar-refractivity contribution < 1.29 is 9.72 Å². The minimum Gasteiger partial charge on any atom is -0.328 e. The molecule has 0 bridgehead atoms. The highest BCUT2D eigenvalue weighted by atomic mass is 35.5. The smallest absolute Gasteiger partial charge is 0.269 e. The average molecular weight is 533 g/mol. The van der Waals surface area contributed by atoms with Crippen molar-refractivity contribution in [1.82, 2.24) is 14.8 Å². The Hall–Kier alpha value is -4.15. The first-order valence-electron chi connectivity index (χ1n) is 11.3. The summed E-state index contributed by atoms with van der Waals surface area (Å²) >= 11 is 7.70. The van der Waals surface area contributed by atoms with Crippen LogP contribution in [0.1, 0.15) is 24.1 Å². The number of aromatic nitrogens is 3. The maximum absolute atomic E-state index is 13.5. The van der Waals surface area contributed by atoms with E-state index < -0.39 is 11.0 Å². The number of para-hydroxylation sites is 1. The number of nitrogens with zero attached hydrogens (tertiary/aromatic N) is 4. The van der Waals surface area contributed by atoms with Crippen molar-refractivity contribution in [2.75, 3.05) is 10.6 Å². The summed E-state index contributed by atoms with van der Waals surface area (Å²) in [5.41, 5.74) is 3.00. The zero-order valence-corrected chi connectivity index (χ0v) is 21.2. The lowest BCUT2D eigenvalue weighted by molar-refractivity contribution is -0.384. The van der Waals surface area contributed by atoms with E-state index in [1.165, 1.54) is 23.9 Å². The quantitative estimate of drug-likeness (QED) is 0.169. The number of benzene rings is 3. The Morgan fingerprint density at radius 2 is 1.89 bits per heavy atom. The normalized spacial score (nSPS) is 14.6. The van der Waals surface area contributed by atoms with Crippen molar-refractivity contribution in [1.29, 1.82) is 0 Å². The van der Waals surface area contributed by atoms with E-state index in [4.69, 9.17) is 11.6 Å². The fourth-order valence-corrected chi connectivity index (χ4v) is 5.20. The van der Waals surface area contributed by atoms with Crippen LogP contribution >= 0.6 is 23.4 Å². The van der Waals surface area contributed by atoms with Gasteiger partial charge in [0.1, 0.15) is 6.04 Å². The number of nitro benzene ring substituents is 1. The molecule has 0 radical (unpaired) electrons. The number of carbonyl (C=O) groups is 1. The molecule has 0 fully saturated rings. The van der Waals surface area contributed by atoms with Gasteiger partial charge in [-0.05, 0) is 36.2 Å². The Balaban J connectivity index is 1.53. The summed E-state index contributed by atoms with van der Waals surface area (Å²) < 4.78 is 1.60. The number of fused-ring (bicyclic) bond motifs is 1. The summed E-state index contributed by atoms with van der Waals surface area (Å²) in [6.07, 6.45) is 0. The Bertz CT molecular complexity index is 1520. The van der Waals surface area contributed by atoms with Gasteiger partial charge in [-0.15, -0.1) is 5.10 Å². The van der Waals surface area contributed by atoms with Gasteiger partial charge in [-0.1, -0.05) is 71.9 Å². The molecule has 1 aliphatic rings. The van der Waals surface area contributed by atoms with Gasteiger partial charge in [-0.3, -0.25) is 14.9 Å². The van der Waals surface area contributed by atoms with Crippen LogP contribution in [-0.2, 0) is 10.5 Å². The number of allylic oxidation sites excluding steroid dienone is 1.